The van der Waals surface area contributed by atoms with Crippen LogP contribution >= 0.6 is 0 Å². The zero-order chi connectivity index (χ0) is 15.1. The van der Waals surface area contributed by atoms with Gasteiger partial charge in [-0.15, -0.1) is 0 Å². The van der Waals surface area contributed by atoms with Gasteiger partial charge in [-0.1, -0.05) is 48.5 Å². The minimum absolute atomic E-state index is 0.00410. The Hall–Kier alpha value is -2.17. The molecule has 0 saturated carbocycles. The van der Waals surface area contributed by atoms with Gasteiger partial charge < -0.3 is 15.5 Å². The molecule has 4 heteroatoms. The van der Waals surface area contributed by atoms with Crippen LogP contribution in [-0.4, -0.2) is 28.8 Å². The van der Waals surface area contributed by atoms with Crippen molar-refractivity contribution in [1.82, 2.24) is 5.32 Å². The van der Waals surface area contributed by atoms with Crippen LogP contribution in [0.5, 0.6) is 0 Å². The van der Waals surface area contributed by atoms with Crippen molar-refractivity contribution in [3.05, 3.63) is 71.3 Å². The molecule has 21 heavy (non-hydrogen) atoms. The van der Waals surface area contributed by atoms with Crippen LogP contribution in [0.25, 0.3) is 0 Å². The number of aliphatic hydroxyl groups excluding tert-OH is 1. The number of hydrogen-bond donors (Lipinski definition) is 3. The van der Waals surface area contributed by atoms with E-state index in [1.165, 1.54) is 0 Å². The van der Waals surface area contributed by atoms with Gasteiger partial charge in [0.2, 0.25) is 0 Å². The highest BCUT2D eigenvalue weighted by molar-refractivity contribution is 5.89. The summed E-state index contributed by atoms with van der Waals surface area (Å²) in [6.07, 6.45) is 0.701. The third-order valence-corrected chi connectivity index (χ3v) is 3.37. The number of aromatic carboxylic acids is 1. The van der Waals surface area contributed by atoms with Gasteiger partial charge in [-0.05, 0) is 23.6 Å². The van der Waals surface area contributed by atoms with Crippen molar-refractivity contribution < 1.29 is 15.0 Å². The molecule has 0 bridgehead atoms. The number of benzene rings is 2. The Morgan fingerprint density at radius 3 is 2.38 bits per heavy atom. The van der Waals surface area contributed by atoms with Crippen molar-refractivity contribution in [3.8, 4) is 0 Å². The van der Waals surface area contributed by atoms with Crippen LogP contribution in [0, 0.1) is 0 Å². The molecule has 2 aromatic carbocycles. The molecule has 2 rings (SSSR count). The highest BCUT2D eigenvalue weighted by Gasteiger charge is 2.12. The third-order valence-electron chi connectivity index (χ3n) is 3.37. The molecule has 0 saturated heterocycles. The first kappa shape index (κ1) is 15.2. The average molecular weight is 285 g/mol. The Labute approximate surface area is 124 Å². The normalized spacial score (nSPS) is 12.0. The van der Waals surface area contributed by atoms with Gasteiger partial charge in [-0.3, -0.25) is 0 Å². The Balaban J connectivity index is 1.99. The average Bonchev–Trinajstić information content (AvgIpc) is 2.52. The number of rotatable bonds is 7. The molecule has 0 aliphatic carbocycles. The second-order valence-corrected chi connectivity index (χ2v) is 4.91. The zero-order valence-corrected chi connectivity index (χ0v) is 11.7. The number of carboxylic acid groups (broad SMARTS) is 1. The lowest BCUT2D eigenvalue weighted by atomic mass is 10.0. The predicted molar refractivity (Wildman–Crippen MR) is 81.3 cm³/mol. The minimum atomic E-state index is -0.934. The summed E-state index contributed by atoms with van der Waals surface area (Å²) in [4.78, 5) is 11.1. The van der Waals surface area contributed by atoms with E-state index in [4.69, 9.17) is 5.11 Å². The minimum Gasteiger partial charge on any atom is -0.478 e. The molecule has 4 nitrogen and oxygen atoms in total. The Morgan fingerprint density at radius 2 is 1.71 bits per heavy atom. The number of carbonyl (C=O) groups is 1. The zero-order valence-electron chi connectivity index (χ0n) is 11.7. The summed E-state index contributed by atoms with van der Waals surface area (Å²) in [6.45, 7) is 0.421. The van der Waals surface area contributed by atoms with Crippen LogP contribution in [0.2, 0.25) is 0 Å². The van der Waals surface area contributed by atoms with Crippen LogP contribution < -0.4 is 5.32 Å². The van der Waals surface area contributed by atoms with Gasteiger partial charge in [0.1, 0.15) is 0 Å². The second kappa shape index (κ2) is 7.57. The highest BCUT2D eigenvalue weighted by atomic mass is 16.4. The van der Waals surface area contributed by atoms with Crippen LogP contribution in [0.3, 0.4) is 0 Å². The Kier molecular flexibility index (Phi) is 5.49. The SMILES string of the molecule is O=C(O)c1ccccc1CN[C@@H](CO)Cc1ccccc1. The molecule has 0 radical (unpaired) electrons. The summed E-state index contributed by atoms with van der Waals surface area (Å²) in [5, 5.41) is 21.8. The number of hydrogen-bond acceptors (Lipinski definition) is 3. The predicted octanol–water partition coefficient (Wildman–Crippen LogP) is 2.08. The fourth-order valence-electron chi connectivity index (χ4n) is 2.24. The summed E-state index contributed by atoms with van der Waals surface area (Å²) in [7, 11) is 0. The fourth-order valence-corrected chi connectivity index (χ4v) is 2.24. The van der Waals surface area contributed by atoms with Gasteiger partial charge in [0, 0.05) is 12.6 Å². The molecule has 3 N–H and O–H groups in total. The van der Waals surface area contributed by atoms with Gasteiger partial charge in [-0.2, -0.15) is 0 Å². The highest BCUT2D eigenvalue weighted by Crippen LogP contribution is 2.10. The van der Waals surface area contributed by atoms with E-state index in [-0.39, 0.29) is 12.6 Å². The van der Waals surface area contributed by atoms with Gasteiger partial charge in [0.25, 0.3) is 0 Å². The fraction of sp³-hybridized carbons (Fsp3) is 0.235. The van der Waals surface area contributed by atoms with Crippen LogP contribution in [0.1, 0.15) is 21.5 Å². The van der Waals surface area contributed by atoms with Gasteiger partial charge in [0.15, 0.2) is 0 Å². The summed E-state index contributed by atoms with van der Waals surface area (Å²) < 4.78 is 0. The molecule has 110 valence electrons. The van der Waals surface area contributed by atoms with Crippen LogP contribution in [-0.2, 0) is 13.0 Å². The van der Waals surface area contributed by atoms with E-state index in [0.29, 0.717) is 18.5 Å². The van der Waals surface area contributed by atoms with Crippen molar-refractivity contribution in [3.63, 3.8) is 0 Å². The molecule has 0 spiro atoms. The topological polar surface area (TPSA) is 69.6 Å². The number of aliphatic hydroxyl groups is 1. The lowest BCUT2D eigenvalue weighted by Crippen LogP contribution is -2.34. The molecular formula is C17H19NO3. The summed E-state index contributed by atoms with van der Waals surface area (Å²) in [5.41, 5.74) is 2.15. The quantitative estimate of drug-likeness (QED) is 0.728. The monoisotopic (exact) mass is 285 g/mol. The van der Waals surface area contributed by atoms with Crippen molar-refractivity contribution in [2.75, 3.05) is 6.61 Å². The first-order valence-corrected chi connectivity index (χ1v) is 6.90. The van der Waals surface area contributed by atoms with Crippen molar-refractivity contribution in [1.29, 1.82) is 0 Å². The van der Waals surface area contributed by atoms with E-state index in [1.54, 1.807) is 18.2 Å². The molecule has 0 heterocycles. The third kappa shape index (κ3) is 4.41. The number of nitrogens with one attached hydrogen (secondary N) is 1. The number of carboxylic acids is 1. The summed E-state index contributed by atoms with van der Waals surface area (Å²) in [6, 6.07) is 16.7. The maximum atomic E-state index is 11.1. The smallest absolute Gasteiger partial charge is 0.336 e. The lowest BCUT2D eigenvalue weighted by Gasteiger charge is -2.17. The van der Waals surface area contributed by atoms with E-state index < -0.39 is 5.97 Å². The van der Waals surface area contributed by atoms with Gasteiger partial charge >= 0.3 is 5.97 Å². The lowest BCUT2D eigenvalue weighted by molar-refractivity contribution is 0.0695. The van der Waals surface area contributed by atoms with Crippen molar-refractivity contribution in [2.45, 2.75) is 19.0 Å². The molecule has 2 aromatic rings. The van der Waals surface area contributed by atoms with Gasteiger partial charge in [-0.25, -0.2) is 4.79 Å². The van der Waals surface area contributed by atoms with E-state index >= 15 is 0 Å². The maximum absolute atomic E-state index is 11.1. The molecule has 0 aromatic heterocycles. The van der Waals surface area contributed by atoms with Crippen molar-refractivity contribution in [2.24, 2.45) is 0 Å². The molecule has 0 fully saturated rings. The summed E-state index contributed by atoms with van der Waals surface area (Å²) >= 11 is 0. The largest absolute Gasteiger partial charge is 0.478 e. The van der Waals surface area contributed by atoms with E-state index in [0.717, 1.165) is 11.1 Å². The molecule has 0 unspecified atom stereocenters. The molecular weight excluding hydrogens is 266 g/mol. The Morgan fingerprint density at radius 1 is 1.05 bits per heavy atom. The van der Waals surface area contributed by atoms with E-state index in [9.17, 15) is 9.90 Å². The van der Waals surface area contributed by atoms with Crippen LogP contribution in [0.4, 0.5) is 0 Å². The molecule has 0 aliphatic heterocycles. The van der Waals surface area contributed by atoms with Crippen LogP contribution in [0.15, 0.2) is 54.6 Å². The molecule has 1 atom stereocenters. The Bertz CT molecular complexity index is 584. The standard InChI is InChI=1S/C17H19NO3/c19-12-15(10-13-6-2-1-3-7-13)18-11-14-8-4-5-9-16(14)17(20)21/h1-9,15,18-19H,10-12H2,(H,20,21)/t15-/m1/s1. The van der Waals surface area contributed by atoms with E-state index in [1.807, 2.05) is 36.4 Å². The van der Waals surface area contributed by atoms with Gasteiger partial charge in [0.05, 0.1) is 12.2 Å². The maximum Gasteiger partial charge on any atom is 0.336 e. The first-order valence-electron chi connectivity index (χ1n) is 6.90. The first-order chi connectivity index (χ1) is 10.2. The second-order valence-electron chi connectivity index (χ2n) is 4.91. The van der Waals surface area contributed by atoms with E-state index in [2.05, 4.69) is 5.32 Å². The molecule has 0 amide bonds. The molecule has 0 aliphatic rings. The summed E-state index contributed by atoms with van der Waals surface area (Å²) in [5.74, 6) is -0.934. The van der Waals surface area contributed by atoms with Crippen molar-refractivity contribution >= 4 is 5.97 Å².